The predicted molar refractivity (Wildman–Crippen MR) is 78.5 cm³/mol. The second kappa shape index (κ2) is 6.07. The molecule has 6 heteroatoms. The molecule has 0 radical (unpaired) electrons. The van der Waals surface area contributed by atoms with E-state index in [-0.39, 0.29) is 6.54 Å². The summed E-state index contributed by atoms with van der Waals surface area (Å²) < 4.78 is 0. The second-order valence-corrected chi connectivity index (χ2v) is 6.04. The van der Waals surface area contributed by atoms with Gasteiger partial charge in [-0.1, -0.05) is 0 Å². The number of rotatable bonds is 6. The van der Waals surface area contributed by atoms with Gasteiger partial charge < -0.3 is 20.8 Å². The highest BCUT2D eigenvalue weighted by Crippen LogP contribution is 2.17. The highest BCUT2D eigenvalue weighted by molar-refractivity contribution is 5.56. The van der Waals surface area contributed by atoms with Crippen molar-refractivity contribution < 1.29 is 10.2 Å². The Kier molecular flexibility index (Phi) is 4.93. The largest absolute Gasteiger partial charge is 0.389 e. The van der Waals surface area contributed by atoms with Crippen LogP contribution in [0.4, 0.5) is 11.6 Å². The third kappa shape index (κ3) is 5.87. The number of aromatic nitrogens is 1. The van der Waals surface area contributed by atoms with E-state index in [0.717, 1.165) is 0 Å². The van der Waals surface area contributed by atoms with Crippen molar-refractivity contribution in [3.05, 3.63) is 17.7 Å². The molecule has 0 fully saturated rings. The first-order valence-corrected chi connectivity index (χ1v) is 6.44. The van der Waals surface area contributed by atoms with Gasteiger partial charge in [-0.15, -0.1) is 0 Å². The van der Waals surface area contributed by atoms with Crippen LogP contribution in [0.5, 0.6) is 0 Å². The number of pyridine rings is 1. The van der Waals surface area contributed by atoms with Crippen LogP contribution in [-0.4, -0.2) is 39.5 Å². The molecule has 0 unspecified atom stereocenters. The van der Waals surface area contributed by atoms with Gasteiger partial charge in [0.25, 0.3) is 0 Å². The summed E-state index contributed by atoms with van der Waals surface area (Å²) in [6, 6.07) is 5.37. The summed E-state index contributed by atoms with van der Waals surface area (Å²) in [4.78, 5) is 4.28. The van der Waals surface area contributed by atoms with E-state index in [2.05, 4.69) is 15.6 Å². The number of anilines is 2. The van der Waals surface area contributed by atoms with Crippen molar-refractivity contribution in [2.24, 2.45) is 0 Å². The van der Waals surface area contributed by atoms with E-state index in [1.165, 1.54) is 0 Å². The summed E-state index contributed by atoms with van der Waals surface area (Å²) in [7, 11) is 0. The Morgan fingerprint density at radius 2 is 1.65 bits per heavy atom. The molecule has 0 spiro atoms. The van der Waals surface area contributed by atoms with Crippen LogP contribution in [0.1, 0.15) is 33.3 Å². The fourth-order valence-corrected chi connectivity index (χ4v) is 1.39. The summed E-state index contributed by atoms with van der Waals surface area (Å²) in [6.07, 6.45) is 0. The molecule has 110 valence electrons. The maximum absolute atomic E-state index is 9.70. The van der Waals surface area contributed by atoms with Gasteiger partial charge in [0.15, 0.2) is 0 Å². The van der Waals surface area contributed by atoms with Gasteiger partial charge in [0.1, 0.15) is 17.7 Å². The average molecular weight is 278 g/mol. The molecule has 1 aromatic heterocycles. The van der Waals surface area contributed by atoms with Crippen LogP contribution in [0, 0.1) is 11.3 Å². The molecule has 6 nitrogen and oxygen atoms in total. The maximum atomic E-state index is 9.70. The van der Waals surface area contributed by atoms with E-state index in [1.807, 2.05) is 6.07 Å². The highest BCUT2D eigenvalue weighted by Gasteiger charge is 2.15. The average Bonchev–Trinajstić information content (AvgIpc) is 2.32. The van der Waals surface area contributed by atoms with Crippen LogP contribution < -0.4 is 10.6 Å². The quantitative estimate of drug-likeness (QED) is 0.626. The molecule has 0 aliphatic carbocycles. The minimum absolute atomic E-state index is 0.281. The maximum Gasteiger partial charge on any atom is 0.146 e. The first kappa shape index (κ1) is 16.2. The smallest absolute Gasteiger partial charge is 0.146 e. The van der Waals surface area contributed by atoms with E-state index >= 15 is 0 Å². The van der Waals surface area contributed by atoms with Gasteiger partial charge >= 0.3 is 0 Å². The van der Waals surface area contributed by atoms with Crippen LogP contribution in [0.25, 0.3) is 0 Å². The standard InChI is InChI=1S/C14H22N4O2/c1-13(2,19)8-16-11-6-5-10(7-15)12(18-11)17-9-14(3,4)20/h5-6,19-20H,8-9H2,1-4H3,(H2,16,17,18). The lowest BCUT2D eigenvalue weighted by Gasteiger charge is -2.20. The molecule has 0 saturated heterocycles. The number of hydrogen-bond acceptors (Lipinski definition) is 6. The molecular formula is C14H22N4O2. The monoisotopic (exact) mass is 278 g/mol. The summed E-state index contributed by atoms with van der Waals surface area (Å²) in [5, 5.41) is 34.4. The van der Waals surface area contributed by atoms with Crippen molar-refractivity contribution in [2.75, 3.05) is 23.7 Å². The summed E-state index contributed by atoms with van der Waals surface area (Å²) in [5.74, 6) is 0.972. The molecule has 1 rings (SSSR count). The summed E-state index contributed by atoms with van der Waals surface area (Å²) in [5.41, 5.74) is -1.34. The molecular weight excluding hydrogens is 256 g/mol. The van der Waals surface area contributed by atoms with Gasteiger partial charge in [-0.2, -0.15) is 5.26 Å². The predicted octanol–water partition coefficient (Wildman–Crippen LogP) is 1.32. The normalized spacial score (nSPS) is 11.8. The van der Waals surface area contributed by atoms with Crippen LogP contribution in [0.15, 0.2) is 12.1 Å². The number of nitrogens with one attached hydrogen (secondary N) is 2. The van der Waals surface area contributed by atoms with Crippen molar-refractivity contribution >= 4 is 11.6 Å². The van der Waals surface area contributed by atoms with Crippen molar-refractivity contribution in [1.29, 1.82) is 5.26 Å². The SMILES string of the molecule is CC(C)(O)CNc1ccc(C#N)c(NCC(C)(C)O)n1. The molecule has 4 N–H and O–H groups in total. The Morgan fingerprint density at radius 1 is 1.10 bits per heavy atom. The van der Waals surface area contributed by atoms with Crippen molar-refractivity contribution in [1.82, 2.24) is 4.98 Å². The molecule has 0 aromatic carbocycles. The highest BCUT2D eigenvalue weighted by atomic mass is 16.3. The van der Waals surface area contributed by atoms with Crippen molar-refractivity contribution in [3.63, 3.8) is 0 Å². The van der Waals surface area contributed by atoms with Gasteiger partial charge in [-0.3, -0.25) is 0 Å². The van der Waals surface area contributed by atoms with Crippen LogP contribution >= 0.6 is 0 Å². The van der Waals surface area contributed by atoms with Gasteiger partial charge in [0.2, 0.25) is 0 Å². The minimum Gasteiger partial charge on any atom is -0.389 e. The van der Waals surface area contributed by atoms with E-state index in [4.69, 9.17) is 5.26 Å². The van der Waals surface area contributed by atoms with Crippen LogP contribution in [-0.2, 0) is 0 Å². The summed E-state index contributed by atoms with van der Waals surface area (Å²) >= 11 is 0. The zero-order chi connectivity index (χ0) is 15.4. The number of hydrogen-bond donors (Lipinski definition) is 4. The van der Waals surface area contributed by atoms with Crippen LogP contribution in [0.2, 0.25) is 0 Å². The molecule has 0 aliphatic heterocycles. The van der Waals surface area contributed by atoms with E-state index in [9.17, 15) is 10.2 Å². The van der Waals surface area contributed by atoms with Gasteiger partial charge in [0.05, 0.1) is 16.8 Å². The van der Waals surface area contributed by atoms with E-state index in [1.54, 1.807) is 39.8 Å². The molecule has 0 aliphatic rings. The minimum atomic E-state index is -0.898. The molecule has 20 heavy (non-hydrogen) atoms. The zero-order valence-electron chi connectivity index (χ0n) is 12.4. The lowest BCUT2D eigenvalue weighted by molar-refractivity contribution is 0.0940. The lowest BCUT2D eigenvalue weighted by Crippen LogP contribution is -2.31. The topological polar surface area (TPSA) is 101 Å². The van der Waals surface area contributed by atoms with Crippen molar-refractivity contribution in [3.8, 4) is 6.07 Å². The summed E-state index contributed by atoms with van der Waals surface area (Å²) in [6.45, 7) is 7.35. The fourth-order valence-electron chi connectivity index (χ4n) is 1.39. The zero-order valence-corrected chi connectivity index (χ0v) is 12.4. The molecule has 0 atom stereocenters. The number of nitriles is 1. The molecule has 0 amide bonds. The van der Waals surface area contributed by atoms with Gasteiger partial charge in [-0.05, 0) is 39.8 Å². The Bertz CT molecular complexity index is 495. The number of aliphatic hydroxyl groups is 2. The van der Waals surface area contributed by atoms with Gasteiger partial charge in [-0.25, -0.2) is 4.98 Å². The third-order valence-corrected chi connectivity index (χ3v) is 2.41. The Hall–Kier alpha value is -1.84. The third-order valence-electron chi connectivity index (χ3n) is 2.41. The Labute approximate surface area is 119 Å². The van der Waals surface area contributed by atoms with Crippen LogP contribution in [0.3, 0.4) is 0 Å². The molecule has 0 bridgehead atoms. The Morgan fingerprint density at radius 3 is 2.15 bits per heavy atom. The Balaban J connectivity index is 2.84. The van der Waals surface area contributed by atoms with Crippen molar-refractivity contribution in [2.45, 2.75) is 38.9 Å². The molecule has 1 aromatic rings. The van der Waals surface area contributed by atoms with E-state index < -0.39 is 11.2 Å². The molecule has 1 heterocycles. The second-order valence-electron chi connectivity index (χ2n) is 6.04. The first-order chi connectivity index (χ1) is 9.11. The van der Waals surface area contributed by atoms with E-state index in [0.29, 0.717) is 23.7 Å². The first-order valence-electron chi connectivity index (χ1n) is 6.44. The fraction of sp³-hybridized carbons (Fsp3) is 0.571. The molecule has 0 saturated carbocycles. The van der Waals surface area contributed by atoms with Gasteiger partial charge in [0, 0.05) is 13.1 Å². The number of nitrogens with zero attached hydrogens (tertiary/aromatic N) is 2. The lowest BCUT2D eigenvalue weighted by atomic mass is 10.1.